The molecule has 2 aromatic rings. The molecule has 0 unspecified atom stereocenters. The average molecular weight is 283 g/mol. The molecule has 4 nitrogen and oxygen atoms in total. The van der Waals surface area contributed by atoms with Crippen LogP contribution in [0.3, 0.4) is 0 Å². The van der Waals surface area contributed by atoms with E-state index in [-0.39, 0.29) is 5.91 Å². The topological polar surface area (TPSA) is 45.2 Å². The molecule has 1 aliphatic heterocycles. The monoisotopic (exact) mass is 283 g/mol. The minimum Gasteiger partial charge on any atom is -0.335 e. The summed E-state index contributed by atoms with van der Waals surface area (Å²) >= 11 is 0. The van der Waals surface area contributed by atoms with Crippen LogP contribution in [0.25, 0.3) is 10.9 Å². The van der Waals surface area contributed by atoms with Crippen molar-refractivity contribution < 1.29 is 4.79 Å². The van der Waals surface area contributed by atoms with E-state index in [1.165, 1.54) is 5.56 Å². The first-order chi connectivity index (χ1) is 9.97. The molecule has 2 heterocycles. The van der Waals surface area contributed by atoms with Gasteiger partial charge in [0.25, 0.3) is 0 Å². The summed E-state index contributed by atoms with van der Waals surface area (Å²) in [6.07, 6.45) is 0. The summed E-state index contributed by atoms with van der Waals surface area (Å²) in [7, 11) is 0. The highest BCUT2D eigenvalue weighted by Gasteiger charge is 2.35. The summed E-state index contributed by atoms with van der Waals surface area (Å²) in [4.78, 5) is 19.0. The summed E-state index contributed by atoms with van der Waals surface area (Å²) in [5.41, 5.74) is 2.68. The number of nitrogens with one attached hydrogen (secondary N) is 1. The number of carbonyl (C=O) groups is 1. The highest BCUT2D eigenvalue weighted by Crippen LogP contribution is 2.22. The second-order valence-corrected chi connectivity index (χ2v) is 6.22. The van der Waals surface area contributed by atoms with Crippen LogP contribution in [0.5, 0.6) is 0 Å². The van der Waals surface area contributed by atoms with E-state index in [1.807, 2.05) is 43.9 Å². The average Bonchev–Trinajstić information content (AvgIpc) is 2.43. The molecule has 0 aliphatic carbocycles. The number of carbonyl (C=O) groups excluding carboxylic acids is 1. The van der Waals surface area contributed by atoms with Crippen LogP contribution < -0.4 is 5.32 Å². The Morgan fingerprint density at radius 2 is 2.10 bits per heavy atom. The number of fused-ring (bicyclic) bond motifs is 1. The normalized spacial score (nSPS) is 18.2. The lowest BCUT2D eigenvalue weighted by Gasteiger charge is -2.38. The van der Waals surface area contributed by atoms with Crippen LogP contribution in [0, 0.1) is 6.92 Å². The van der Waals surface area contributed by atoms with E-state index in [2.05, 4.69) is 22.4 Å². The number of para-hydroxylation sites is 1. The molecule has 1 fully saturated rings. The van der Waals surface area contributed by atoms with Crippen LogP contribution in [-0.4, -0.2) is 34.4 Å². The van der Waals surface area contributed by atoms with Crippen molar-refractivity contribution in [2.24, 2.45) is 0 Å². The van der Waals surface area contributed by atoms with E-state index in [1.54, 1.807) is 0 Å². The molecule has 1 aromatic carbocycles. The van der Waals surface area contributed by atoms with Crippen LogP contribution in [0.2, 0.25) is 0 Å². The fraction of sp³-hybridized carbons (Fsp3) is 0.412. The summed E-state index contributed by atoms with van der Waals surface area (Å²) in [5.74, 6) is 0.160. The number of hydrogen-bond donors (Lipinski definition) is 1. The fourth-order valence-electron chi connectivity index (χ4n) is 2.96. The molecule has 110 valence electrons. The van der Waals surface area contributed by atoms with Gasteiger partial charge in [-0.15, -0.1) is 0 Å². The SMILES string of the molecule is Cc1cc(CN2CCNC(C)(C)C2=O)c2ccccc2n1. The van der Waals surface area contributed by atoms with Gasteiger partial charge in [0.1, 0.15) is 0 Å². The lowest BCUT2D eigenvalue weighted by Crippen LogP contribution is -2.60. The first-order valence-electron chi connectivity index (χ1n) is 7.37. The minimum atomic E-state index is -0.476. The maximum atomic E-state index is 12.5. The van der Waals surface area contributed by atoms with Crippen LogP contribution >= 0.6 is 0 Å². The Bertz CT molecular complexity index is 693. The maximum absolute atomic E-state index is 12.5. The molecular formula is C17H21N3O. The molecule has 3 rings (SSSR count). The molecule has 0 atom stereocenters. The minimum absolute atomic E-state index is 0.160. The van der Waals surface area contributed by atoms with Gasteiger partial charge in [-0.1, -0.05) is 18.2 Å². The lowest BCUT2D eigenvalue weighted by atomic mass is 9.99. The van der Waals surface area contributed by atoms with Crippen LogP contribution in [0.4, 0.5) is 0 Å². The second kappa shape index (κ2) is 5.11. The van der Waals surface area contributed by atoms with Crippen molar-refractivity contribution in [3.8, 4) is 0 Å². The summed E-state index contributed by atoms with van der Waals surface area (Å²) in [6, 6.07) is 10.2. The molecule has 1 amide bonds. The zero-order chi connectivity index (χ0) is 15.0. The van der Waals surface area contributed by atoms with Crippen molar-refractivity contribution in [3.63, 3.8) is 0 Å². The number of amides is 1. The Balaban J connectivity index is 1.96. The molecule has 0 bridgehead atoms. The fourth-order valence-corrected chi connectivity index (χ4v) is 2.96. The van der Waals surface area contributed by atoms with E-state index >= 15 is 0 Å². The molecule has 4 heteroatoms. The van der Waals surface area contributed by atoms with Gasteiger partial charge < -0.3 is 10.2 Å². The van der Waals surface area contributed by atoms with Gasteiger partial charge in [-0.3, -0.25) is 9.78 Å². The third-order valence-corrected chi connectivity index (χ3v) is 4.06. The van der Waals surface area contributed by atoms with Gasteiger partial charge in [-0.2, -0.15) is 0 Å². The molecule has 0 spiro atoms. The quantitative estimate of drug-likeness (QED) is 0.919. The smallest absolute Gasteiger partial charge is 0.242 e. The van der Waals surface area contributed by atoms with Gasteiger partial charge in [-0.05, 0) is 38.5 Å². The van der Waals surface area contributed by atoms with Crippen LogP contribution in [0.15, 0.2) is 30.3 Å². The largest absolute Gasteiger partial charge is 0.335 e. The van der Waals surface area contributed by atoms with Crippen molar-refractivity contribution in [2.75, 3.05) is 13.1 Å². The molecule has 1 aliphatic rings. The van der Waals surface area contributed by atoms with Gasteiger partial charge >= 0.3 is 0 Å². The van der Waals surface area contributed by atoms with Crippen molar-refractivity contribution in [2.45, 2.75) is 32.9 Å². The Hall–Kier alpha value is -1.94. The summed E-state index contributed by atoms with van der Waals surface area (Å²) in [6.45, 7) is 8.11. The van der Waals surface area contributed by atoms with Crippen LogP contribution in [0.1, 0.15) is 25.1 Å². The number of hydrogen-bond acceptors (Lipinski definition) is 3. The highest BCUT2D eigenvalue weighted by molar-refractivity contribution is 5.87. The van der Waals surface area contributed by atoms with E-state index in [4.69, 9.17) is 0 Å². The van der Waals surface area contributed by atoms with Crippen molar-refractivity contribution in [1.82, 2.24) is 15.2 Å². The zero-order valence-corrected chi connectivity index (χ0v) is 12.8. The molecular weight excluding hydrogens is 262 g/mol. The Morgan fingerprint density at radius 1 is 1.33 bits per heavy atom. The molecule has 0 saturated carbocycles. The van der Waals surface area contributed by atoms with Gasteiger partial charge in [0.15, 0.2) is 0 Å². The molecule has 0 radical (unpaired) electrons. The van der Waals surface area contributed by atoms with Crippen molar-refractivity contribution in [3.05, 3.63) is 41.6 Å². The first-order valence-corrected chi connectivity index (χ1v) is 7.37. The predicted molar refractivity (Wildman–Crippen MR) is 84.0 cm³/mol. The second-order valence-electron chi connectivity index (χ2n) is 6.22. The van der Waals surface area contributed by atoms with Gasteiger partial charge in [0.05, 0.1) is 11.1 Å². The first kappa shape index (κ1) is 14.0. The molecule has 1 saturated heterocycles. The lowest BCUT2D eigenvalue weighted by molar-refractivity contribution is -0.140. The van der Waals surface area contributed by atoms with Gasteiger partial charge in [0, 0.05) is 30.7 Å². The third kappa shape index (κ3) is 2.63. The Labute approximate surface area is 125 Å². The van der Waals surface area contributed by atoms with Gasteiger partial charge in [0.2, 0.25) is 5.91 Å². The molecule has 21 heavy (non-hydrogen) atoms. The number of pyridine rings is 1. The van der Waals surface area contributed by atoms with E-state index < -0.39 is 5.54 Å². The number of nitrogens with zero attached hydrogens (tertiary/aromatic N) is 2. The number of benzene rings is 1. The predicted octanol–water partition coefficient (Wildman–Crippen LogP) is 2.25. The molecule has 1 N–H and O–H groups in total. The Morgan fingerprint density at radius 3 is 2.90 bits per heavy atom. The summed E-state index contributed by atoms with van der Waals surface area (Å²) in [5, 5.41) is 4.40. The third-order valence-electron chi connectivity index (χ3n) is 4.06. The zero-order valence-electron chi connectivity index (χ0n) is 12.8. The summed E-state index contributed by atoms with van der Waals surface area (Å²) < 4.78 is 0. The van der Waals surface area contributed by atoms with E-state index in [9.17, 15) is 4.79 Å². The number of aryl methyl sites for hydroxylation is 1. The number of aromatic nitrogens is 1. The van der Waals surface area contributed by atoms with E-state index in [0.717, 1.165) is 29.7 Å². The van der Waals surface area contributed by atoms with Gasteiger partial charge in [-0.25, -0.2) is 0 Å². The molecule has 1 aromatic heterocycles. The van der Waals surface area contributed by atoms with Crippen molar-refractivity contribution in [1.29, 1.82) is 0 Å². The highest BCUT2D eigenvalue weighted by atomic mass is 16.2. The number of rotatable bonds is 2. The standard InChI is InChI=1S/C17H21N3O/c1-12-10-13(14-6-4-5-7-15(14)19-12)11-20-9-8-18-17(2,3)16(20)21/h4-7,10,18H,8-9,11H2,1-3H3. The van der Waals surface area contributed by atoms with Crippen molar-refractivity contribution >= 4 is 16.8 Å². The Kier molecular flexibility index (Phi) is 3.41. The maximum Gasteiger partial charge on any atom is 0.242 e. The van der Waals surface area contributed by atoms with E-state index in [0.29, 0.717) is 6.54 Å². The number of piperazine rings is 1. The van der Waals surface area contributed by atoms with Crippen LogP contribution in [-0.2, 0) is 11.3 Å².